The predicted molar refractivity (Wildman–Crippen MR) is 77.2 cm³/mol. The molecule has 0 atom stereocenters. The lowest BCUT2D eigenvalue weighted by Gasteiger charge is -2.18. The molecule has 0 N–H and O–H groups in total. The maximum atomic E-state index is 11.8. The normalized spacial score (nSPS) is 12.1. The number of allylic oxidation sites excluding steroid dienone is 1. The summed E-state index contributed by atoms with van der Waals surface area (Å²) in [5.41, 5.74) is 0.816. The molecule has 108 valence electrons. The Balaban J connectivity index is 3.04. The van der Waals surface area contributed by atoms with E-state index in [4.69, 9.17) is 4.74 Å². The van der Waals surface area contributed by atoms with Crippen LogP contribution < -0.4 is 0 Å². The molecule has 5 heteroatoms. The molecule has 0 saturated heterocycles. The van der Waals surface area contributed by atoms with Crippen molar-refractivity contribution in [1.29, 1.82) is 0 Å². The van der Waals surface area contributed by atoms with E-state index in [1.54, 1.807) is 32.9 Å². The minimum atomic E-state index is -0.560. The van der Waals surface area contributed by atoms with Crippen molar-refractivity contribution in [2.45, 2.75) is 39.7 Å². The molecule has 1 rings (SSSR count). The van der Waals surface area contributed by atoms with E-state index in [2.05, 4.69) is 0 Å². The minimum Gasteiger partial charge on any atom is -0.457 e. The maximum Gasteiger partial charge on any atom is 0.331 e. The van der Waals surface area contributed by atoms with E-state index in [1.165, 1.54) is 18.2 Å². The number of carbonyl (C=O) groups excluding carboxylic acids is 1. The number of hydrogen-bond acceptors (Lipinski definition) is 4. The van der Waals surface area contributed by atoms with Gasteiger partial charge in [0.05, 0.1) is 4.92 Å². The Morgan fingerprint density at radius 1 is 1.40 bits per heavy atom. The average molecular weight is 277 g/mol. The lowest BCUT2D eigenvalue weighted by Crippen LogP contribution is -2.22. The number of hydrogen-bond donors (Lipinski definition) is 0. The molecule has 0 heterocycles. The summed E-state index contributed by atoms with van der Waals surface area (Å²) in [6, 6.07) is 6.22. The number of rotatable bonds is 4. The molecule has 0 saturated carbocycles. The fourth-order valence-electron chi connectivity index (χ4n) is 1.68. The highest BCUT2D eigenvalue weighted by Crippen LogP contribution is 2.23. The smallest absolute Gasteiger partial charge is 0.331 e. The molecule has 0 spiro atoms. The molecule has 0 aliphatic rings. The van der Waals surface area contributed by atoms with Crippen molar-refractivity contribution in [3.8, 4) is 0 Å². The van der Waals surface area contributed by atoms with Crippen LogP contribution in [0.5, 0.6) is 0 Å². The molecule has 1 aromatic carbocycles. The number of esters is 1. The topological polar surface area (TPSA) is 69.4 Å². The van der Waals surface area contributed by atoms with E-state index in [0.29, 0.717) is 17.6 Å². The number of non-ortho nitro benzene ring substituents is 1. The second-order valence-corrected chi connectivity index (χ2v) is 5.36. The SMILES string of the molecule is CCC(=CC(=O)OC(C)(C)C)c1cccc([N+](=O)[O-])c1. The van der Waals surface area contributed by atoms with E-state index >= 15 is 0 Å². The largest absolute Gasteiger partial charge is 0.457 e. The zero-order valence-corrected chi connectivity index (χ0v) is 12.2. The Bertz CT molecular complexity index is 541. The number of nitro benzene ring substituents is 1. The van der Waals surface area contributed by atoms with Crippen LogP contribution >= 0.6 is 0 Å². The van der Waals surface area contributed by atoms with Crippen LogP contribution in [0.2, 0.25) is 0 Å². The number of nitro groups is 1. The highest BCUT2D eigenvalue weighted by Gasteiger charge is 2.16. The third-order valence-corrected chi connectivity index (χ3v) is 2.51. The molecule has 0 radical (unpaired) electrons. The van der Waals surface area contributed by atoms with Gasteiger partial charge in [-0.3, -0.25) is 10.1 Å². The van der Waals surface area contributed by atoms with Gasteiger partial charge < -0.3 is 4.74 Å². The van der Waals surface area contributed by atoms with E-state index in [9.17, 15) is 14.9 Å². The van der Waals surface area contributed by atoms with Crippen molar-refractivity contribution in [3.63, 3.8) is 0 Å². The summed E-state index contributed by atoms with van der Waals surface area (Å²) in [7, 11) is 0. The molecule has 0 bridgehead atoms. The van der Waals surface area contributed by atoms with Gasteiger partial charge in [-0.25, -0.2) is 4.79 Å². The summed E-state index contributed by atoms with van der Waals surface area (Å²) in [5, 5.41) is 10.8. The first-order valence-electron chi connectivity index (χ1n) is 6.41. The van der Waals surface area contributed by atoms with E-state index in [-0.39, 0.29) is 5.69 Å². The lowest BCUT2D eigenvalue weighted by atomic mass is 10.0. The monoisotopic (exact) mass is 277 g/mol. The van der Waals surface area contributed by atoms with Crippen LogP contribution in [-0.4, -0.2) is 16.5 Å². The van der Waals surface area contributed by atoms with Gasteiger partial charge in [-0.15, -0.1) is 0 Å². The van der Waals surface area contributed by atoms with Crippen LogP contribution in [0.3, 0.4) is 0 Å². The molecular formula is C15H19NO4. The Morgan fingerprint density at radius 2 is 2.05 bits per heavy atom. The third-order valence-electron chi connectivity index (χ3n) is 2.51. The van der Waals surface area contributed by atoms with Crippen molar-refractivity contribution in [2.75, 3.05) is 0 Å². The van der Waals surface area contributed by atoms with Gasteiger partial charge in [-0.1, -0.05) is 19.1 Å². The van der Waals surface area contributed by atoms with Crippen molar-refractivity contribution in [3.05, 3.63) is 46.0 Å². The quantitative estimate of drug-likeness (QED) is 0.364. The molecule has 0 unspecified atom stereocenters. The van der Waals surface area contributed by atoms with E-state index in [1.807, 2.05) is 6.92 Å². The highest BCUT2D eigenvalue weighted by atomic mass is 16.6. The first kappa shape index (κ1) is 15.9. The van der Waals surface area contributed by atoms with Crippen molar-refractivity contribution >= 4 is 17.2 Å². The van der Waals surface area contributed by atoms with Gasteiger partial charge in [-0.2, -0.15) is 0 Å². The molecule has 0 amide bonds. The Morgan fingerprint density at radius 3 is 2.55 bits per heavy atom. The first-order chi connectivity index (χ1) is 9.23. The second kappa shape index (κ2) is 6.32. The summed E-state index contributed by atoms with van der Waals surface area (Å²) in [4.78, 5) is 22.1. The van der Waals surface area contributed by atoms with E-state index < -0.39 is 16.5 Å². The summed E-state index contributed by atoms with van der Waals surface area (Å²) in [6.07, 6.45) is 1.98. The third kappa shape index (κ3) is 4.84. The Hall–Kier alpha value is -2.17. The van der Waals surface area contributed by atoms with Gasteiger partial charge in [-0.05, 0) is 38.3 Å². The minimum absolute atomic E-state index is 0.00559. The second-order valence-electron chi connectivity index (χ2n) is 5.36. The van der Waals surface area contributed by atoms with Gasteiger partial charge in [0.2, 0.25) is 0 Å². The lowest BCUT2D eigenvalue weighted by molar-refractivity contribution is -0.384. The average Bonchev–Trinajstić information content (AvgIpc) is 2.34. The molecule has 0 aromatic heterocycles. The number of carbonyl (C=O) groups is 1. The van der Waals surface area contributed by atoms with Crippen molar-refractivity contribution in [2.24, 2.45) is 0 Å². The molecule has 0 aliphatic carbocycles. The summed E-state index contributed by atoms with van der Waals surface area (Å²) in [6.45, 7) is 7.25. The van der Waals surface area contributed by atoms with E-state index in [0.717, 1.165) is 0 Å². The van der Waals surface area contributed by atoms with Gasteiger partial charge >= 0.3 is 5.97 Å². The van der Waals surface area contributed by atoms with Gasteiger partial charge in [0, 0.05) is 18.2 Å². The number of nitrogens with zero attached hydrogens (tertiary/aromatic N) is 1. The van der Waals surface area contributed by atoms with Crippen LogP contribution in [0.1, 0.15) is 39.7 Å². The number of benzene rings is 1. The van der Waals surface area contributed by atoms with Crippen LogP contribution in [0.15, 0.2) is 30.3 Å². The fourth-order valence-corrected chi connectivity index (χ4v) is 1.68. The molecule has 0 aliphatic heterocycles. The molecule has 5 nitrogen and oxygen atoms in total. The zero-order valence-electron chi connectivity index (χ0n) is 12.2. The molecule has 0 fully saturated rings. The van der Waals surface area contributed by atoms with Crippen molar-refractivity contribution in [1.82, 2.24) is 0 Å². The van der Waals surface area contributed by atoms with Crippen LogP contribution in [0.4, 0.5) is 5.69 Å². The molecule has 20 heavy (non-hydrogen) atoms. The zero-order chi connectivity index (χ0) is 15.3. The fraction of sp³-hybridized carbons (Fsp3) is 0.400. The van der Waals surface area contributed by atoms with Gasteiger partial charge in [0.15, 0.2) is 0 Å². The summed E-state index contributed by atoms with van der Waals surface area (Å²) < 4.78 is 5.22. The van der Waals surface area contributed by atoms with Crippen LogP contribution in [0.25, 0.3) is 5.57 Å². The summed E-state index contributed by atoms with van der Waals surface area (Å²) >= 11 is 0. The maximum absolute atomic E-state index is 11.8. The Labute approximate surface area is 118 Å². The molecule has 1 aromatic rings. The molecular weight excluding hydrogens is 258 g/mol. The van der Waals surface area contributed by atoms with Gasteiger partial charge in [0.1, 0.15) is 5.60 Å². The Kier molecular flexibility index (Phi) is 5.02. The van der Waals surface area contributed by atoms with Crippen LogP contribution in [-0.2, 0) is 9.53 Å². The highest BCUT2D eigenvalue weighted by molar-refractivity contribution is 5.91. The van der Waals surface area contributed by atoms with Crippen LogP contribution in [0, 0.1) is 10.1 Å². The predicted octanol–water partition coefficient (Wildman–Crippen LogP) is 3.73. The van der Waals surface area contributed by atoms with Gasteiger partial charge in [0.25, 0.3) is 5.69 Å². The first-order valence-corrected chi connectivity index (χ1v) is 6.41. The standard InChI is InChI=1S/C15H19NO4/c1-5-11(10-14(17)20-15(2,3)4)12-7-6-8-13(9-12)16(18)19/h6-10H,5H2,1-4H3. The van der Waals surface area contributed by atoms with Crippen molar-refractivity contribution < 1.29 is 14.5 Å². The summed E-state index contributed by atoms with van der Waals surface area (Å²) in [5.74, 6) is -0.444. The number of ether oxygens (including phenoxy) is 1.